The van der Waals surface area contributed by atoms with Crippen molar-refractivity contribution in [3.05, 3.63) is 37.0 Å². The summed E-state index contributed by atoms with van der Waals surface area (Å²) in [6.45, 7) is 14.9. The average Bonchev–Trinajstić information content (AvgIpc) is 2.65. The summed E-state index contributed by atoms with van der Waals surface area (Å²) in [6, 6.07) is 0. The molecule has 3 nitrogen and oxygen atoms in total. The van der Waals surface area contributed by atoms with Crippen molar-refractivity contribution in [1.29, 1.82) is 0 Å². The Morgan fingerprint density at radius 3 is 2.11 bits per heavy atom. The van der Waals surface area contributed by atoms with E-state index in [0.717, 1.165) is 18.4 Å². The van der Waals surface area contributed by atoms with Crippen LogP contribution >= 0.6 is 0 Å². The first kappa shape index (κ1) is 28.9. The smallest absolute Gasteiger partial charge is 0.293 e. The summed E-state index contributed by atoms with van der Waals surface area (Å²) < 4.78 is 4.64. The van der Waals surface area contributed by atoms with Crippen molar-refractivity contribution in [2.45, 2.75) is 104 Å². The van der Waals surface area contributed by atoms with E-state index in [-0.39, 0.29) is 6.10 Å². The highest BCUT2D eigenvalue weighted by Crippen LogP contribution is 2.12. The maximum absolute atomic E-state index is 9.88. The van der Waals surface area contributed by atoms with Gasteiger partial charge in [0, 0.05) is 0 Å². The van der Waals surface area contributed by atoms with Crippen LogP contribution in [0, 0.1) is 5.92 Å². The van der Waals surface area contributed by atoms with Crippen molar-refractivity contribution in [2.75, 3.05) is 6.61 Å². The number of carbonyl (C=O) groups excluding carboxylic acids is 1. The number of hydrogen-bond acceptors (Lipinski definition) is 3. The lowest BCUT2D eigenvalue weighted by Gasteiger charge is -2.12. The molecule has 0 amide bonds. The van der Waals surface area contributed by atoms with Gasteiger partial charge in [0.2, 0.25) is 0 Å². The summed E-state index contributed by atoms with van der Waals surface area (Å²) in [5, 5.41) is 9.41. The van der Waals surface area contributed by atoms with Gasteiger partial charge in [-0.3, -0.25) is 4.79 Å². The lowest BCUT2D eigenvalue weighted by atomic mass is 10.0. The van der Waals surface area contributed by atoms with Gasteiger partial charge >= 0.3 is 0 Å². The lowest BCUT2D eigenvalue weighted by Crippen LogP contribution is -2.10. The Hall–Kier alpha value is -1.35. The standard InChI is InChI=1S/C15H28O2.C10H18O/c1-2-3-4-5-6-7-8-9-10-11-12-13-14-17-15-16;1-5-9(4)7-10(11)6-8(2)3/h5-6,15H,2-4,7-14H2,1H3;5,8,10-11H,1,4,6-7H2,2-3H3/b6-5-;. The molecule has 0 aromatic rings. The van der Waals surface area contributed by atoms with E-state index in [1.165, 1.54) is 57.8 Å². The molecule has 0 saturated heterocycles. The average molecular weight is 395 g/mol. The molecule has 0 radical (unpaired) electrons. The Morgan fingerprint density at radius 2 is 1.57 bits per heavy atom. The minimum Gasteiger partial charge on any atom is -0.468 e. The Bertz CT molecular complexity index is 385. The van der Waals surface area contributed by atoms with Crippen LogP contribution in [0.15, 0.2) is 37.0 Å². The van der Waals surface area contributed by atoms with Crippen LogP contribution in [0.25, 0.3) is 0 Å². The van der Waals surface area contributed by atoms with Gasteiger partial charge in [0.05, 0.1) is 12.7 Å². The SMILES string of the molecule is C=CC(=C)CC(O)CC(C)C.CCCC/C=C\CCCCCCCCOC=O. The number of rotatable bonds is 18. The van der Waals surface area contributed by atoms with Crippen LogP contribution in [0.1, 0.15) is 97.8 Å². The van der Waals surface area contributed by atoms with Crippen molar-refractivity contribution < 1.29 is 14.6 Å². The fourth-order valence-electron chi connectivity index (χ4n) is 2.77. The molecule has 0 saturated carbocycles. The molecule has 0 heterocycles. The third-order valence-corrected chi connectivity index (χ3v) is 4.37. The van der Waals surface area contributed by atoms with Crippen molar-refractivity contribution in [1.82, 2.24) is 0 Å². The summed E-state index contributed by atoms with van der Waals surface area (Å²) in [5.41, 5.74) is 0.915. The second kappa shape index (κ2) is 23.7. The molecule has 164 valence electrons. The summed E-state index contributed by atoms with van der Waals surface area (Å²) in [6.07, 6.45) is 20.1. The molecule has 0 bridgehead atoms. The van der Waals surface area contributed by atoms with Crippen LogP contribution in [0.4, 0.5) is 0 Å². The first-order valence-electron chi connectivity index (χ1n) is 11.2. The van der Waals surface area contributed by atoms with E-state index in [1.807, 2.05) is 0 Å². The highest BCUT2D eigenvalue weighted by Gasteiger charge is 2.06. The summed E-state index contributed by atoms with van der Waals surface area (Å²) in [4.78, 5) is 9.88. The van der Waals surface area contributed by atoms with Crippen molar-refractivity contribution in [3.63, 3.8) is 0 Å². The zero-order valence-corrected chi connectivity index (χ0v) is 18.8. The van der Waals surface area contributed by atoms with Crippen LogP contribution in [0.5, 0.6) is 0 Å². The van der Waals surface area contributed by atoms with Crippen LogP contribution in [-0.2, 0) is 9.53 Å². The molecule has 28 heavy (non-hydrogen) atoms. The predicted molar refractivity (Wildman–Crippen MR) is 122 cm³/mol. The second-order valence-corrected chi connectivity index (χ2v) is 7.84. The lowest BCUT2D eigenvalue weighted by molar-refractivity contribution is -0.128. The van der Waals surface area contributed by atoms with E-state index >= 15 is 0 Å². The van der Waals surface area contributed by atoms with Crippen LogP contribution < -0.4 is 0 Å². The maximum Gasteiger partial charge on any atom is 0.293 e. The largest absolute Gasteiger partial charge is 0.468 e. The highest BCUT2D eigenvalue weighted by molar-refractivity contribution is 5.36. The molecule has 0 aliphatic heterocycles. The molecule has 0 aliphatic rings. The monoisotopic (exact) mass is 394 g/mol. The van der Waals surface area contributed by atoms with Crippen LogP contribution in [-0.4, -0.2) is 24.3 Å². The van der Waals surface area contributed by atoms with Crippen LogP contribution in [0.2, 0.25) is 0 Å². The molecule has 1 atom stereocenters. The van der Waals surface area contributed by atoms with Gasteiger partial charge in [-0.1, -0.05) is 96.3 Å². The Labute approximate surface area is 175 Å². The Balaban J connectivity index is 0. The van der Waals surface area contributed by atoms with E-state index in [4.69, 9.17) is 0 Å². The zero-order chi connectivity index (χ0) is 21.5. The number of hydrogen-bond donors (Lipinski definition) is 1. The van der Waals surface area contributed by atoms with Gasteiger partial charge in [0.15, 0.2) is 0 Å². The number of carbonyl (C=O) groups is 1. The van der Waals surface area contributed by atoms with Gasteiger partial charge in [0.25, 0.3) is 6.47 Å². The molecule has 0 fully saturated rings. The first-order chi connectivity index (χ1) is 13.5. The summed E-state index contributed by atoms with van der Waals surface area (Å²) >= 11 is 0. The third kappa shape index (κ3) is 26.9. The van der Waals surface area contributed by atoms with Gasteiger partial charge in [0.1, 0.15) is 0 Å². The Morgan fingerprint density at radius 1 is 1.00 bits per heavy atom. The number of unbranched alkanes of at least 4 members (excludes halogenated alkanes) is 8. The van der Waals surface area contributed by atoms with Gasteiger partial charge < -0.3 is 9.84 Å². The fraction of sp³-hybridized carbons (Fsp3) is 0.720. The molecular weight excluding hydrogens is 348 g/mol. The number of ether oxygens (including phenoxy) is 1. The molecule has 1 unspecified atom stereocenters. The zero-order valence-electron chi connectivity index (χ0n) is 18.8. The molecule has 0 aromatic carbocycles. The second-order valence-electron chi connectivity index (χ2n) is 7.84. The van der Waals surface area contributed by atoms with E-state index in [0.29, 0.717) is 25.4 Å². The van der Waals surface area contributed by atoms with Gasteiger partial charge in [-0.2, -0.15) is 0 Å². The van der Waals surface area contributed by atoms with E-state index in [1.54, 1.807) is 6.08 Å². The topological polar surface area (TPSA) is 46.5 Å². The summed E-state index contributed by atoms with van der Waals surface area (Å²) in [5.74, 6) is 0.544. The summed E-state index contributed by atoms with van der Waals surface area (Å²) in [7, 11) is 0. The maximum atomic E-state index is 9.88. The number of aliphatic hydroxyl groups excluding tert-OH is 1. The van der Waals surface area contributed by atoms with Crippen molar-refractivity contribution in [3.8, 4) is 0 Å². The molecule has 3 heteroatoms. The predicted octanol–water partition coefficient (Wildman–Crippen LogP) is 7.16. The van der Waals surface area contributed by atoms with Crippen LogP contribution in [0.3, 0.4) is 0 Å². The number of aliphatic hydroxyl groups is 1. The minimum absolute atomic E-state index is 0.250. The van der Waals surface area contributed by atoms with Crippen molar-refractivity contribution >= 4 is 6.47 Å². The third-order valence-electron chi connectivity index (χ3n) is 4.37. The Kier molecular flexibility index (Phi) is 24.4. The molecule has 0 aromatic heterocycles. The molecule has 1 N–H and O–H groups in total. The van der Waals surface area contributed by atoms with E-state index < -0.39 is 0 Å². The molecule has 0 aliphatic carbocycles. The molecule has 0 spiro atoms. The normalized spacial score (nSPS) is 11.8. The number of allylic oxidation sites excluding steroid dienone is 3. The first-order valence-corrected chi connectivity index (χ1v) is 11.2. The van der Waals surface area contributed by atoms with E-state index in [9.17, 15) is 9.90 Å². The minimum atomic E-state index is -0.250. The molecular formula is C25H46O3. The fourth-order valence-corrected chi connectivity index (χ4v) is 2.77. The highest BCUT2D eigenvalue weighted by atomic mass is 16.5. The van der Waals surface area contributed by atoms with Gasteiger partial charge in [-0.05, 0) is 44.4 Å². The van der Waals surface area contributed by atoms with Gasteiger partial charge in [-0.15, -0.1) is 0 Å². The molecule has 0 rings (SSSR count). The van der Waals surface area contributed by atoms with E-state index in [2.05, 4.69) is 50.8 Å². The quantitative estimate of drug-likeness (QED) is 0.116. The van der Waals surface area contributed by atoms with Crippen molar-refractivity contribution in [2.24, 2.45) is 5.92 Å². The van der Waals surface area contributed by atoms with Gasteiger partial charge in [-0.25, -0.2) is 0 Å².